The lowest BCUT2D eigenvalue weighted by Gasteiger charge is -2.31. The molecule has 0 saturated carbocycles. The summed E-state index contributed by atoms with van der Waals surface area (Å²) in [6.45, 7) is 2.19. The van der Waals surface area contributed by atoms with Crippen molar-refractivity contribution in [3.05, 3.63) is 0 Å². The number of cyclic esters (lactones) is 1. The number of alkyl carbamates (subject to hydrolysis) is 1. The number of carbonyl (C=O) groups excluding carboxylic acids is 2. The van der Waals surface area contributed by atoms with Gasteiger partial charge in [-0.3, -0.25) is 4.79 Å². The molecule has 0 spiro atoms. The van der Waals surface area contributed by atoms with Crippen LogP contribution in [0, 0.1) is 0 Å². The zero-order valence-corrected chi connectivity index (χ0v) is 7.99. The fourth-order valence-electron chi connectivity index (χ4n) is 1.60. The number of nitrogens with one attached hydrogen (secondary N) is 1. The molecule has 0 bridgehead atoms. The zero-order chi connectivity index (χ0) is 9.97. The van der Waals surface area contributed by atoms with Gasteiger partial charge in [-0.2, -0.15) is 0 Å². The minimum atomic E-state index is -0.369. The number of hydrogen-bond donors (Lipinski definition) is 1. The number of carbonyl (C=O) groups is 2. The molecule has 0 aromatic heterocycles. The van der Waals surface area contributed by atoms with Crippen LogP contribution in [-0.4, -0.2) is 42.6 Å². The van der Waals surface area contributed by atoms with Crippen LogP contribution in [-0.2, 0) is 9.53 Å². The van der Waals surface area contributed by atoms with Gasteiger partial charge in [0, 0.05) is 19.5 Å². The lowest BCUT2D eigenvalue weighted by Crippen LogP contribution is -2.42. The van der Waals surface area contributed by atoms with E-state index in [1.54, 1.807) is 0 Å². The minimum absolute atomic E-state index is 0.0210. The Balaban J connectivity index is 1.66. The topological polar surface area (TPSA) is 58.6 Å². The number of rotatable bonds is 3. The molecule has 14 heavy (non-hydrogen) atoms. The van der Waals surface area contributed by atoms with Crippen molar-refractivity contribution in [2.75, 3.05) is 19.7 Å². The fourth-order valence-corrected chi connectivity index (χ4v) is 1.60. The molecular formula is C9H14N2O3. The standard InChI is InChI=1S/C9H14N2O3/c12-8(11-4-1-5-11)3-2-7-6-14-9(13)10-7/h7H,1-6H2,(H,10,13)/t7-/m1/s1. The van der Waals surface area contributed by atoms with Crippen molar-refractivity contribution in [3.63, 3.8) is 0 Å². The van der Waals surface area contributed by atoms with Crippen LogP contribution in [0.25, 0.3) is 0 Å². The van der Waals surface area contributed by atoms with E-state index in [1.165, 1.54) is 0 Å². The largest absolute Gasteiger partial charge is 0.447 e. The van der Waals surface area contributed by atoms with Crippen molar-refractivity contribution in [2.45, 2.75) is 25.3 Å². The lowest BCUT2D eigenvalue weighted by molar-refractivity contribution is -0.134. The van der Waals surface area contributed by atoms with Gasteiger partial charge in [0.1, 0.15) is 6.61 Å². The van der Waals surface area contributed by atoms with E-state index in [0.717, 1.165) is 19.5 Å². The van der Waals surface area contributed by atoms with Gasteiger partial charge in [0.25, 0.3) is 0 Å². The lowest BCUT2D eigenvalue weighted by atomic mass is 10.1. The van der Waals surface area contributed by atoms with Crippen molar-refractivity contribution in [1.82, 2.24) is 10.2 Å². The molecule has 2 aliphatic rings. The average molecular weight is 198 g/mol. The summed E-state index contributed by atoms with van der Waals surface area (Å²) in [5.74, 6) is 0.192. The Morgan fingerprint density at radius 3 is 2.86 bits per heavy atom. The molecule has 0 unspecified atom stereocenters. The van der Waals surface area contributed by atoms with Crippen molar-refractivity contribution < 1.29 is 14.3 Å². The summed E-state index contributed by atoms with van der Waals surface area (Å²) < 4.78 is 4.72. The third-order valence-electron chi connectivity index (χ3n) is 2.65. The van der Waals surface area contributed by atoms with Crippen LogP contribution in [0.2, 0.25) is 0 Å². The summed E-state index contributed by atoms with van der Waals surface area (Å²) in [7, 11) is 0. The van der Waals surface area contributed by atoms with Gasteiger partial charge in [0.05, 0.1) is 6.04 Å². The van der Waals surface area contributed by atoms with Crippen molar-refractivity contribution >= 4 is 12.0 Å². The monoisotopic (exact) mass is 198 g/mol. The van der Waals surface area contributed by atoms with Crippen LogP contribution < -0.4 is 5.32 Å². The molecule has 2 fully saturated rings. The number of hydrogen-bond acceptors (Lipinski definition) is 3. The maximum atomic E-state index is 11.4. The highest BCUT2D eigenvalue weighted by Crippen LogP contribution is 2.11. The second kappa shape index (κ2) is 3.86. The van der Waals surface area contributed by atoms with Crippen LogP contribution in [0.1, 0.15) is 19.3 Å². The molecule has 78 valence electrons. The smallest absolute Gasteiger partial charge is 0.407 e. The first-order valence-electron chi connectivity index (χ1n) is 4.97. The van der Waals surface area contributed by atoms with Crippen LogP contribution in [0.4, 0.5) is 4.79 Å². The van der Waals surface area contributed by atoms with E-state index in [2.05, 4.69) is 5.32 Å². The summed E-state index contributed by atoms with van der Waals surface area (Å²) in [6.07, 6.45) is 1.94. The molecule has 2 saturated heterocycles. The van der Waals surface area contributed by atoms with Gasteiger partial charge < -0.3 is 15.0 Å². The summed E-state index contributed by atoms with van der Waals surface area (Å²) in [6, 6.07) is 0.0210. The highest BCUT2D eigenvalue weighted by Gasteiger charge is 2.25. The van der Waals surface area contributed by atoms with Crippen LogP contribution >= 0.6 is 0 Å². The number of amides is 2. The van der Waals surface area contributed by atoms with Gasteiger partial charge in [-0.25, -0.2) is 4.79 Å². The Bertz CT molecular complexity index is 250. The number of nitrogens with zero attached hydrogens (tertiary/aromatic N) is 1. The first kappa shape index (κ1) is 9.30. The quantitative estimate of drug-likeness (QED) is 0.700. The van der Waals surface area contributed by atoms with Gasteiger partial charge in [0.15, 0.2) is 0 Å². The van der Waals surface area contributed by atoms with Crippen LogP contribution in [0.15, 0.2) is 0 Å². The summed E-state index contributed by atoms with van der Waals surface area (Å²) >= 11 is 0. The average Bonchev–Trinajstić information content (AvgIpc) is 2.45. The summed E-state index contributed by atoms with van der Waals surface area (Å²) in [5, 5.41) is 2.65. The van der Waals surface area contributed by atoms with E-state index in [-0.39, 0.29) is 18.0 Å². The van der Waals surface area contributed by atoms with E-state index < -0.39 is 0 Å². The Hall–Kier alpha value is -1.26. The highest BCUT2D eigenvalue weighted by atomic mass is 16.6. The van der Waals surface area contributed by atoms with Crippen LogP contribution in [0.3, 0.4) is 0 Å². The van der Waals surface area contributed by atoms with Gasteiger partial charge in [-0.1, -0.05) is 0 Å². The molecule has 5 heteroatoms. The van der Waals surface area contributed by atoms with Gasteiger partial charge in [-0.05, 0) is 12.8 Å². The maximum absolute atomic E-state index is 11.4. The van der Waals surface area contributed by atoms with Crippen LogP contribution in [0.5, 0.6) is 0 Å². The molecule has 2 amide bonds. The molecule has 5 nitrogen and oxygen atoms in total. The molecule has 1 atom stereocenters. The first-order valence-corrected chi connectivity index (χ1v) is 4.97. The number of ether oxygens (including phenoxy) is 1. The van der Waals surface area contributed by atoms with Gasteiger partial charge in [-0.15, -0.1) is 0 Å². The van der Waals surface area contributed by atoms with E-state index in [1.807, 2.05) is 4.90 Å². The van der Waals surface area contributed by atoms with E-state index in [4.69, 9.17) is 4.74 Å². The molecule has 0 aliphatic carbocycles. The third kappa shape index (κ3) is 1.97. The molecule has 2 heterocycles. The molecule has 0 radical (unpaired) electrons. The van der Waals surface area contributed by atoms with Crippen molar-refractivity contribution in [1.29, 1.82) is 0 Å². The Labute approximate surface area is 82.4 Å². The van der Waals surface area contributed by atoms with E-state index in [0.29, 0.717) is 19.4 Å². The SMILES string of the molecule is O=C1N[C@H](CCC(=O)N2CCC2)CO1. The third-order valence-corrected chi connectivity index (χ3v) is 2.65. The predicted molar refractivity (Wildman–Crippen MR) is 48.7 cm³/mol. The molecule has 1 N–H and O–H groups in total. The Kier molecular flexibility index (Phi) is 2.56. The second-order valence-electron chi connectivity index (χ2n) is 3.71. The second-order valence-corrected chi connectivity index (χ2v) is 3.71. The predicted octanol–water partition coefficient (Wildman–Crippen LogP) is 0.107. The Morgan fingerprint density at radius 1 is 1.57 bits per heavy atom. The highest BCUT2D eigenvalue weighted by molar-refractivity contribution is 5.77. The number of likely N-dealkylation sites (tertiary alicyclic amines) is 1. The van der Waals surface area contributed by atoms with E-state index >= 15 is 0 Å². The fraction of sp³-hybridized carbons (Fsp3) is 0.778. The minimum Gasteiger partial charge on any atom is -0.447 e. The molecular weight excluding hydrogens is 184 g/mol. The van der Waals surface area contributed by atoms with Crippen molar-refractivity contribution in [3.8, 4) is 0 Å². The normalized spacial score (nSPS) is 25.3. The zero-order valence-electron chi connectivity index (χ0n) is 7.99. The van der Waals surface area contributed by atoms with Crippen molar-refractivity contribution in [2.24, 2.45) is 0 Å². The van der Waals surface area contributed by atoms with Gasteiger partial charge >= 0.3 is 6.09 Å². The molecule has 0 aromatic rings. The molecule has 0 aromatic carbocycles. The Morgan fingerprint density at radius 2 is 2.36 bits per heavy atom. The summed E-state index contributed by atoms with van der Waals surface area (Å²) in [5.41, 5.74) is 0. The molecule has 2 rings (SSSR count). The van der Waals surface area contributed by atoms with E-state index in [9.17, 15) is 9.59 Å². The van der Waals surface area contributed by atoms with Gasteiger partial charge in [0.2, 0.25) is 5.91 Å². The maximum Gasteiger partial charge on any atom is 0.407 e. The molecule has 2 aliphatic heterocycles. The first-order chi connectivity index (χ1) is 6.75. The summed E-state index contributed by atoms with van der Waals surface area (Å²) in [4.78, 5) is 24.0.